The first-order valence-corrected chi connectivity index (χ1v) is 9.92. The Hall–Kier alpha value is -3.93. The number of rotatable bonds is 4. The molecule has 156 valence electrons. The topological polar surface area (TPSA) is 76.7 Å². The minimum absolute atomic E-state index is 0.204. The number of pyridine rings is 1. The Balaban J connectivity index is 1.92. The number of carbonyl (C=O) groups excluding carboxylic acids is 1. The zero-order chi connectivity index (χ0) is 22.0. The van der Waals surface area contributed by atoms with Crippen LogP contribution in [-0.2, 0) is 0 Å². The molecule has 2 aromatic heterocycles. The number of benzene rings is 2. The summed E-state index contributed by atoms with van der Waals surface area (Å²) in [5, 5.41) is 3.58. The molecule has 4 aromatic rings. The van der Waals surface area contributed by atoms with Crippen LogP contribution >= 0.6 is 0 Å². The van der Waals surface area contributed by atoms with Crippen molar-refractivity contribution in [3.63, 3.8) is 0 Å². The van der Waals surface area contributed by atoms with E-state index in [1.54, 1.807) is 19.2 Å². The van der Waals surface area contributed by atoms with E-state index in [4.69, 9.17) is 14.1 Å². The maximum Gasteiger partial charge on any atom is 0.262 e. The van der Waals surface area contributed by atoms with Crippen LogP contribution in [0.4, 0.5) is 11.5 Å². The number of ether oxygens (including phenoxy) is 1. The molecule has 0 bridgehead atoms. The van der Waals surface area contributed by atoms with E-state index in [1.807, 2.05) is 69.3 Å². The lowest BCUT2D eigenvalue weighted by Crippen LogP contribution is -2.22. The molecule has 6 heteroatoms. The summed E-state index contributed by atoms with van der Waals surface area (Å²) in [6.07, 6.45) is 0. The van der Waals surface area contributed by atoms with Gasteiger partial charge in [-0.3, -0.25) is 4.79 Å². The Labute approximate surface area is 180 Å². The number of amides is 1. The summed E-state index contributed by atoms with van der Waals surface area (Å²) in [4.78, 5) is 22.2. The summed E-state index contributed by atoms with van der Waals surface area (Å²) >= 11 is 0. The molecular weight excluding hydrogens is 390 g/mol. The third-order valence-corrected chi connectivity index (χ3v) is 4.92. The number of nitrogens with one attached hydrogen (secondary N) is 1. The molecule has 0 spiro atoms. The minimum Gasteiger partial charge on any atom is -0.493 e. The van der Waals surface area contributed by atoms with Gasteiger partial charge in [-0.05, 0) is 62.2 Å². The lowest BCUT2D eigenvalue weighted by atomic mass is 10.1. The van der Waals surface area contributed by atoms with Crippen molar-refractivity contribution in [2.24, 2.45) is 4.99 Å². The summed E-state index contributed by atoms with van der Waals surface area (Å²) < 4.78 is 11.6. The molecule has 0 saturated heterocycles. The number of para-hydroxylation sites is 1. The molecule has 6 nitrogen and oxygen atoms in total. The molecular formula is C25H23N3O3. The Morgan fingerprint density at radius 1 is 1.03 bits per heavy atom. The van der Waals surface area contributed by atoms with Gasteiger partial charge < -0.3 is 14.5 Å². The molecule has 0 fully saturated rings. The summed E-state index contributed by atoms with van der Waals surface area (Å²) in [5.41, 5.74) is 4.64. The Kier molecular flexibility index (Phi) is 5.54. The SMILES string of the molecule is COc1cccc2cc(C(=O)Nc3cccc(C)n3)c(=Nc3cc(C)ccc3C)oc12. The first-order valence-electron chi connectivity index (χ1n) is 9.92. The summed E-state index contributed by atoms with van der Waals surface area (Å²) in [5.74, 6) is 0.686. The highest BCUT2D eigenvalue weighted by atomic mass is 16.5. The molecule has 2 heterocycles. The highest BCUT2D eigenvalue weighted by molar-refractivity contribution is 6.05. The van der Waals surface area contributed by atoms with E-state index >= 15 is 0 Å². The molecule has 1 N–H and O–H groups in total. The average molecular weight is 413 g/mol. The molecule has 4 rings (SSSR count). The normalized spacial score (nSPS) is 11.5. The van der Waals surface area contributed by atoms with Crippen molar-refractivity contribution in [1.29, 1.82) is 0 Å². The van der Waals surface area contributed by atoms with Gasteiger partial charge in [-0.1, -0.05) is 30.3 Å². The molecule has 0 aliphatic rings. The van der Waals surface area contributed by atoms with E-state index in [-0.39, 0.29) is 11.5 Å². The van der Waals surface area contributed by atoms with Crippen LogP contribution < -0.4 is 15.6 Å². The van der Waals surface area contributed by atoms with Gasteiger partial charge in [-0.25, -0.2) is 9.98 Å². The predicted octanol–water partition coefficient (Wildman–Crippen LogP) is 5.25. The molecule has 0 unspecified atom stereocenters. The molecule has 0 radical (unpaired) electrons. The number of aromatic nitrogens is 1. The quantitative estimate of drug-likeness (QED) is 0.496. The number of hydrogen-bond donors (Lipinski definition) is 1. The zero-order valence-corrected chi connectivity index (χ0v) is 17.9. The van der Waals surface area contributed by atoms with Crippen LogP contribution in [0.2, 0.25) is 0 Å². The summed E-state index contributed by atoms with van der Waals surface area (Å²) in [7, 11) is 1.58. The van der Waals surface area contributed by atoms with Crippen molar-refractivity contribution >= 4 is 28.4 Å². The molecule has 2 aromatic carbocycles. The van der Waals surface area contributed by atoms with Crippen molar-refractivity contribution in [2.75, 3.05) is 12.4 Å². The van der Waals surface area contributed by atoms with Crippen molar-refractivity contribution in [1.82, 2.24) is 4.98 Å². The second-order valence-corrected chi connectivity index (χ2v) is 7.36. The summed E-state index contributed by atoms with van der Waals surface area (Å²) in [6.45, 7) is 5.83. The maximum absolute atomic E-state index is 13.2. The lowest BCUT2D eigenvalue weighted by molar-refractivity contribution is 0.102. The molecule has 0 saturated carbocycles. The van der Waals surface area contributed by atoms with Crippen LogP contribution in [0.5, 0.6) is 5.75 Å². The molecule has 1 amide bonds. The fourth-order valence-corrected chi connectivity index (χ4v) is 3.28. The highest BCUT2D eigenvalue weighted by Gasteiger charge is 2.16. The average Bonchev–Trinajstić information content (AvgIpc) is 2.75. The van der Waals surface area contributed by atoms with Crippen LogP contribution in [0.1, 0.15) is 27.2 Å². The number of nitrogens with zero attached hydrogens (tertiary/aromatic N) is 2. The van der Waals surface area contributed by atoms with E-state index in [2.05, 4.69) is 10.3 Å². The van der Waals surface area contributed by atoms with Gasteiger partial charge in [0.25, 0.3) is 5.91 Å². The monoisotopic (exact) mass is 413 g/mol. The van der Waals surface area contributed by atoms with Gasteiger partial charge in [0.05, 0.1) is 12.8 Å². The third-order valence-electron chi connectivity index (χ3n) is 4.92. The highest BCUT2D eigenvalue weighted by Crippen LogP contribution is 2.26. The maximum atomic E-state index is 13.2. The number of fused-ring (bicyclic) bond motifs is 1. The smallest absolute Gasteiger partial charge is 0.262 e. The first-order chi connectivity index (χ1) is 14.9. The number of hydrogen-bond acceptors (Lipinski definition) is 5. The van der Waals surface area contributed by atoms with Gasteiger partial charge in [-0.2, -0.15) is 0 Å². The second kappa shape index (κ2) is 8.44. The molecule has 31 heavy (non-hydrogen) atoms. The van der Waals surface area contributed by atoms with Gasteiger partial charge >= 0.3 is 0 Å². The van der Waals surface area contributed by atoms with Crippen molar-refractivity contribution in [3.05, 3.63) is 88.6 Å². The Morgan fingerprint density at radius 3 is 2.61 bits per heavy atom. The summed E-state index contributed by atoms with van der Waals surface area (Å²) in [6, 6.07) is 18.7. The Bertz CT molecular complexity index is 1360. The van der Waals surface area contributed by atoms with Gasteiger partial charge in [0.2, 0.25) is 5.55 Å². The van der Waals surface area contributed by atoms with Crippen molar-refractivity contribution in [2.45, 2.75) is 20.8 Å². The van der Waals surface area contributed by atoms with Crippen LogP contribution in [0, 0.1) is 20.8 Å². The van der Waals surface area contributed by atoms with Crippen molar-refractivity contribution in [3.8, 4) is 5.75 Å². The number of anilines is 1. The minimum atomic E-state index is -0.351. The lowest BCUT2D eigenvalue weighted by Gasteiger charge is -2.09. The van der Waals surface area contributed by atoms with Crippen molar-refractivity contribution < 1.29 is 13.9 Å². The van der Waals surface area contributed by atoms with Gasteiger partial charge in [-0.15, -0.1) is 0 Å². The van der Waals surface area contributed by atoms with Gasteiger partial charge in [0, 0.05) is 11.1 Å². The molecule has 0 atom stereocenters. The molecule has 0 aliphatic carbocycles. The molecule has 0 aliphatic heterocycles. The number of carbonyl (C=O) groups is 1. The standard InChI is InChI=1S/C25H23N3O3/c1-15-11-12-16(2)20(13-15)27-25-19(24(29)28-22-10-5-7-17(3)26-22)14-18-8-6-9-21(30-4)23(18)31-25/h5-14H,1-4H3,(H,26,28,29). The van der Waals surface area contributed by atoms with E-state index in [0.29, 0.717) is 22.7 Å². The third kappa shape index (κ3) is 4.33. The van der Waals surface area contributed by atoms with Crippen LogP contribution in [-0.4, -0.2) is 18.0 Å². The predicted molar refractivity (Wildman–Crippen MR) is 121 cm³/mol. The first kappa shape index (κ1) is 20.3. The number of methoxy groups -OCH3 is 1. The van der Waals surface area contributed by atoms with E-state index in [0.717, 1.165) is 27.9 Å². The largest absolute Gasteiger partial charge is 0.493 e. The fraction of sp³-hybridized carbons (Fsp3) is 0.160. The van der Waals surface area contributed by atoms with Crippen LogP contribution in [0.3, 0.4) is 0 Å². The van der Waals surface area contributed by atoms with E-state index in [1.165, 1.54) is 0 Å². The Morgan fingerprint density at radius 2 is 1.84 bits per heavy atom. The number of aryl methyl sites for hydroxylation is 3. The second-order valence-electron chi connectivity index (χ2n) is 7.36. The van der Waals surface area contributed by atoms with Crippen LogP contribution in [0.25, 0.3) is 11.0 Å². The van der Waals surface area contributed by atoms with Gasteiger partial charge in [0.1, 0.15) is 11.4 Å². The zero-order valence-electron chi connectivity index (χ0n) is 17.9. The van der Waals surface area contributed by atoms with Gasteiger partial charge in [0.15, 0.2) is 11.3 Å². The fourth-order valence-electron chi connectivity index (χ4n) is 3.28. The van der Waals surface area contributed by atoms with E-state index in [9.17, 15) is 4.79 Å². The van der Waals surface area contributed by atoms with E-state index < -0.39 is 0 Å². The van der Waals surface area contributed by atoms with Crippen LogP contribution in [0.15, 0.2) is 70.1 Å².